The molecule has 1 heterocycles. The van der Waals surface area contributed by atoms with Crippen LogP contribution >= 0.6 is 0 Å². The molecule has 4 atom stereocenters. The summed E-state index contributed by atoms with van der Waals surface area (Å²) in [6.45, 7) is 4.47. The lowest BCUT2D eigenvalue weighted by atomic mass is 9.88. The number of nitrogens with zero attached hydrogens (tertiary/aromatic N) is 2. The number of nitrogens with two attached hydrogens (primary N) is 3. The SMILES string of the molecule is Cc1ccc(C(=O)C[C@@H](CCN)C(=O)N(C)[C@@H]2C(=O)C[C@@H](C)C(=O)N[C@H](C(=O)CCC#N)Cc3ccc(OCCN)c(c3)-c3cc2ccc3OCCN)cc1. The molecule has 0 unspecified atom stereocenters. The predicted molar refractivity (Wildman–Crippen MR) is 208 cm³/mol. The number of carbonyl (C=O) groups excluding carboxylic acids is 5. The molecule has 1 aliphatic heterocycles. The quantitative estimate of drug-likeness (QED) is 0.155. The maximum atomic E-state index is 14.5. The Kier molecular flexibility index (Phi) is 15.6. The summed E-state index contributed by atoms with van der Waals surface area (Å²) in [5.74, 6) is -2.79. The van der Waals surface area contributed by atoms with Gasteiger partial charge in [0.15, 0.2) is 17.3 Å². The van der Waals surface area contributed by atoms with E-state index in [2.05, 4.69) is 5.32 Å². The number of carbonyl (C=O) groups is 5. The molecule has 0 fully saturated rings. The van der Waals surface area contributed by atoms with Crippen molar-refractivity contribution in [3.05, 3.63) is 82.9 Å². The molecule has 7 N–H and O–H groups in total. The number of benzene rings is 3. The molecule has 13 heteroatoms. The monoisotopic (exact) mass is 752 g/mol. The Morgan fingerprint density at radius 2 is 1.55 bits per heavy atom. The maximum absolute atomic E-state index is 14.5. The van der Waals surface area contributed by atoms with Crippen molar-refractivity contribution in [3.63, 3.8) is 0 Å². The summed E-state index contributed by atoms with van der Waals surface area (Å²) in [5.41, 5.74) is 21.3. The molecule has 292 valence electrons. The minimum Gasteiger partial charge on any atom is -0.492 e. The average Bonchev–Trinajstić information content (AvgIpc) is 3.17. The summed E-state index contributed by atoms with van der Waals surface area (Å²) in [4.78, 5) is 70.6. The number of rotatable bonds is 16. The van der Waals surface area contributed by atoms with E-state index in [9.17, 15) is 24.0 Å². The lowest BCUT2D eigenvalue weighted by Gasteiger charge is -2.32. The Balaban J connectivity index is 1.88. The van der Waals surface area contributed by atoms with Crippen LogP contribution in [0.5, 0.6) is 11.5 Å². The van der Waals surface area contributed by atoms with Crippen LogP contribution in [0.1, 0.15) is 72.1 Å². The normalized spacial score (nSPS) is 17.6. The van der Waals surface area contributed by atoms with Crippen molar-refractivity contribution in [2.45, 2.75) is 64.5 Å². The second kappa shape index (κ2) is 20.3. The maximum Gasteiger partial charge on any atom is 0.226 e. The second-order valence-corrected chi connectivity index (χ2v) is 13.9. The van der Waals surface area contributed by atoms with Crippen molar-refractivity contribution in [1.82, 2.24) is 10.2 Å². The van der Waals surface area contributed by atoms with Crippen LogP contribution in [-0.2, 0) is 25.6 Å². The molecule has 4 bridgehead atoms. The molecule has 0 spiro atoms. The van der Waals surface area contributed by atoms with E-state index in [4.69, 9.17) is 31.9 Å². The summed E-state index contributed by atoms with van der Waals surface area (Å²) < 4.78 is 12.2. The fraction of sp³-hybridized carbons (Fsp3) is 0.429. The highest BCUT2D eigenvalue weighted by molar-refractivity contribution is 6.00. The number of ketones is 3. The van der Waals surface area contributed by atoms with E-state index in [1.807, 2.05) is 31.2 Å². The van der Waals surface area contributed by atoms with Gasteiger partial charge in [-0.15, -0.1) is 0 Å². The Hall–Kier alpha value is -5.42. The third-order valence-corrected chi connectivity index (χ3v) is 9.70. The zero-order chi connectivity index (χ0) is 40.1. The van der Waals surface area contributed by atoms with E-state index in [1.54, 1.807) is 49.4 Å². The molecule has 1 aliphatic rings. The number of nitrogens with one attached hydrogen (secondary N) is 1. The molecule has 4 rings (SSSR count). The number of likely N-dealkylation sites (N-methyl/N-ethyl adjacent to an activating group) is 1. The van der Waals surface area contributed by atoms with Crippen LogP contribution in [0.15, 0.2) is 60.7 Å². The molecule has 0 saturated carbocycles. The van der Waals surface area contributed by atoms with Gasteiger partial charge in [-0.1, -0.05) is 48.9 Å². The van der Waals surface area contributed by atoms with Gasteiger partial charge in [0.05, 0.1) is 12.1 Å². The fourth-order valence-corrected chi connectivity index (χ4v) is 6.72. The summed E-state index contributed by atoms with van der Waals surface area (Å²) in [7, 11) is 1.51. The molecular weight excluding hydrogens is 700 g/mol. The van der Waals surface area contributed by atoms with Crippen LogP contribution in [0.2, 0.25) is 0 Å². The molecule has 3 aromatic rings. The molecular formula is C42H52N6O7. The third kappa shape index (κ3) is 11.1. The molecule has 0 saturated heterocycles. The summed E-state index contributed by atoms with van der Waals surface area (Å²) >= 11 is 0. The van der Waals surface area contributed by atoms with Crippen molar-refractivity contribution in [1.29, 1.82) is 5.26 Å². The number of aryl methyl sites for hydroxylation is 1. The van der Waals surface area contributed by atoms with Crippen molar-refractivity contribution in [3.8, 4) is 28.7 Å². The number of ether oxygens (including phenoxy) is 2. The number of nitriles is 1. The summed E-state index contributed by atoms with van der Waals surface area (Å²) in [6.07, 6.45) is -0.153. The Morgan fingerprint density at radius 3 is 2.16 bits per heavy atom. The van der Waals surface area contributed by atoms with Crippen molar-refractivity contribution in [2.75, 3.05) is 39.9 Å². The van der Waals surface area contributed by atoms with Gasteiger partial charge in [-0.2, -0.15) is 5.26 Å². The Bertz CT molecular complexity index is 1890. The molecule has 0 aromatic heterocycles. The van der Waals surface area contributed by atoms with Crippen LogP contribution in [0.4, 0.5) is 0 Å². The lowest BCUT2D eigenvalue weighted by Crippen LogP contribution is -2.46. The van der Waals surface area contributed by atoms with Gasteiger partial charge in [0.2, 0.25) is 11.8 Å². The van der Waals surface area contributed by atoms with Gasteiger partial charge in [0.1, 0.15) is 30.8 Å². The highest BCUT2D eigenvalue weighted by atomic mass is 16.5. The standard InChI is InChI=1S/C42H52N6O7/c1-26-6-9-29(10-7-26)36(50)25-31(14-16-44)42(53)48(3)40-30-11-13-39(55-20-18-46)33(24-30)32-22-28(8-12-38(32)54-19-17-45)23-34(35(49)5-4-15-43)47-41(52)27(2)21-37(40)51/h6-13,22,24,27,31,34,40H,4-5,14,16-21,23,25,44-46H2,1-3H3,(H,47,52)/t27-,31-,34+,40+/m1/s1. The van der Waals surface area contributed by atoms with Gasteiger partial charge in [-0.25, -0.2) is 0 Å². The number of hydrogen-bond acceptors (Lipinski definition) is 11. The van der Waals surface area contributed by atoms with Gasteiger partial charge < -0.3 is 36.9 Å². The van der Waals surface area contributed by atoms with Crippen LogP contribution in [0.3, 0.4) is 0 Å². The Morgan fingerprint density at radius 1 is 0.909 bits per heavy atom. The highest BCUT2D eigenvalue weighted by Gasteiger charge is 2.36. The fourth-order valence-electron chi connectivity index (χ4n) is 6.72. The van der Waals surface area contributed by atoms with Crippen LogP contribution in [0, 0.1) is 30.1 Å². The van der Waals surface area contributed by atoms with Gasteiger partial charge in [0, 0.05) is 74.3 Å². The van der Waals surface area contributed by atoms with Gasteiger partial charge in [-0.05, 0) is 61.7 Å². The first kappa shape index (κ1) is 42.3. The predicted octanol–water partition coefficient (Wildman–Crippen LogP) is 3.58. The first-order valence-electron chi connectivity index (χ1n) is 18.6. The zero-order valence-electron chi connectivity index (χ0n) is 31.8. The van der Waals surface area contributed by atoms with Gasteiger partial charge >= 0.3 is 0 Å². The first-order chi connectivity index (χ1) is 26.4. The van der Waals surface area contributed by atoms with Crippen molar-refractivity contribution in [2.24, 2.45) is 29.0 Å². The number of amides is 2. The smallest absolute Gasteiger partial charge is 0.226 e. The van der Waals surface area contributed by atoms with E-state index in [-0.39, 0.29) is 82.9 Å². The van der Waals surface area contributed by atoms with Crippen molar-refractivity contribution < 1.29 is 33.4 Å². The average molecular weight is 753 g/mol. The summed E-state index contributed by atoms with van der Waals surface area (Å²) in [5, 5.41) is 12.0. The van der Waals surface area contributed by atoms with Crippen LogP contribution in [-0.4, -0.2) is 80.0 Å². The minimum atomic E-state index is -1.19. The van der Waals surface area contributed by atoms with E-state index >= 15 is 0 Å². The van der Waals surface area contributed by atoms with E-state index in [0.29, 0.717) is 39.3 Å². The van der Waals surface area contributed by atoms with Gasteiger partial charge in [-0.3, -0.25) is 24.0 Å². The highest BCUT2D eigenvalue weighted by Crippen LogP contribution is 2.41. The minimum absolute atomic E-state index is 0.0190. The lowest BCUT2D eigenvalue weighted by molar-refractivity contribution is -0.142. The number of hydrogen-bond donors (Lipinski definition) is 4. The molecule has 13 nitrogen and oxygen atoms in total. The number of fused-ring (bicyclic) bond motifs is 5. The largest absolute Gasteiger partial charge is 0.492 e. The first-order valence-corrected chi connectivity index (χ1v) is 18.6. The zero-order valence-corrected chi connectivity index (χ0v) is 31.8. The summed E-state index contributed by atoms with van der Waals surface area (Å²) in [6, 6.07) is 17.4. The molecule has 3 aromatic carbocycles. The third-order valence-electron chi connectivity index (χ3n) is 9.70. The molecule has 2 amide bonds. The van der Waals surface area contributed by atoms with E-state index < -0.39 is 41.5 Å². The molecule has 55 heavy (non-hydrogen) atoms. The molecule has 0 radical (unpaired) electrons. The van der Waals surface area contributed by atoms with Gasteiger partial charge in [0.25, 0.3) is 0 Å². The van der Waals surface area contributed by atoms with Crippen molar-refractivity contribution >= 4 is 29.2 Å². The molecule has 0 aliphatic carbocycles. The second-order valence-electron chi connectivity index (χ2n) is 13.9. The Labute approximate surface area is 322 Å². The van der Waals surface area contributed by atoms with E-state index in [0.717, 1.165) is 5.56 Å². The number of Topliss-reactive ketones (excluding diaryl/α,β-unsaturated/α-hetero) is 3. The topological polar surface area (TPSA) is 221 Å². The van der Waals surface area contributed by atoms with Crippen LogP contribution in [0.25, 0.3) is 11.1 Å². The van der Waals surface area contributed by atoms with Crippen LogP contribution < -0.4 is 32.0 Å². The van der Waals surface area contributed by atoms with E-state index in [1.165, 1.54) is 11.9 Å².